The molecule has 0 bridgehead atoms. The molecule has 0 radical (unpaired) electrons. The first kappa shape index (κ1) is 9.44. The first-order chi connectivity index (χ1) is 6.42. The van der Waals surface area contributed by atoms with Gasteiger partial charge < -0.3 is 10.5 Å². The number of nitrogens with zero attached hydrogens (tertiary/aromatic N) is 1. The van der Waals surface area contributed by atoms with Crippen molar-refractivity contribution in [3.05, 3.63) is 0 Å². The molecule has 0 aromatic heterocycles. The minimum Gasteiger partial charge on any atom is -0.378 e. The van der Waals surface area contributed by atoms with E-state index in [0.717, 1.165) is 19.8 Å². The molecule has 0 spiro atoms. The van der Waals surface area contributed by atoms with Crippen LogP contribution < -0.4 is 5.73 Å². The maximum absolute atomic E-state index is 5.80. The van der Waals surface area contributed by atoms with Crippen LogP contribution in [-0.4, -0.2) is 43.3 Å². The summed E-state index contributed by atoms with van der Waals surface area (Å²) in [7, 11) is 0. The molecule has 2 saturated heterocycles. The van der Waals surface area contributed by atoms with E-state index in [1.807, 2.05) is 0 Å². The Hall–Kier alpha value is -0.120. The first-order valence-electron chi connectivity index (χ1n) is 5.45. The minimum atomic E-state index is 0.622. The van der Waals surface area contributed by atoms with E-state index in [2.05, 4.69) is 4.90 Å². The Bertz CT molecular complexity index is 159. The van der Waals surface area contributed by atoms with E-state index in [-0.39, 0.29) is 0 Å². The van der Waals surface area contributed by atoms with Gasteiger partial charge in [0.25, 0.3) is 0 Å². The average Bonchev–Trinajstić information content (AvgIpc) is 2.27. The quantitative estimate of drug-likeness (QED) is 0.682. The Labute approximate surface area is 80.2 Å². The maximum Gasteiger partial charge on any atom is 0.0645 e. The fourth-order valence-electron chi connectivity index (χ4n) is 2.35. The largest absolute Gasteiger partial charge is 0.378 e. The lowest BCUT2D eigenvalue weighted by Gasteiger charge is -2.41. The molecule has 0 aromatic rings. The van der Waals surface area contributed by atoms with Crippen LogP contribution >= 0.6 is 0 Å². The topological polar surface area (TPSA) is 38.5 Å². The highest BCUT2D eigenvalue weighted by Gasteiger charge is 2.31. The summed E-state index contributed by atoms with van der Waals surface area (Å²) in [6.45, 7) is 3.90. The van der Waals surface area contributed by atoms with Gasteiger partial charge in [0.1, 0.15) is 0 Å². The second-order valence-corrected chi connectivity index (χ2v) is 4.17. The lowest BCUT2D eigenvalue weighted by Crippen LogP contribution is -2.55. The monoisotopic (exact) mass is 184 g/mol. The molecule has 2 N–H and O–H groups in total. The van der Waals surface area contributed by atoms with Gasteiger partial charge >= 0.3 is 0 Å². The average molecular weight is 184 g/mol. The third-order valence-electron chi connectivity index (χ3n) is 3.28. The third-order valence-corrected chi connectivity index (χ3v) is 3.28. The zero-order chi connectivity index (χ0) is 9.10. The van der Waals surface area contributed by atoms with Crippen LogP contribution in [-0.2, 0) is 4.74 Å². The predicted molar refractivity (Wildman–Crippen MR) is 52.6 cm³/mol. The molecule has 2 fully saturated rings. The fourth-order valence-corrected chi connectivity index (χ4v) is 2.35. The summed E-state index contributed by atoms with van der Waals surface area (Å²) < 4.78 is 5.24. The molecule has 0 saturated carbocycles. The number of ether oxygens (including phenoxy) is 1. The summed E-state index contributed by atoms with van der Waals surface area (Å²) in [5, 5.41) is 0. The standard InChI is InChI=1S/C10H20N2O/c11-6-9-4-2-1-3-5-12(9)10-7-13-8-10/h9-10H,1-8,11H2. The molecule has 1 unspecified atom stereocenters. The van der Waals surface area contributed by atoms with Crippen LogP contribution in [0.15, 0.2) is 0 Å². The van der Waals surface area contributed by atoms with Crippen LogP contribution in [0, 0.1) is 0 Å². The van der Waals surface area contributed by atoms with Crippen LogP contribution in [0.1, 0.15) is 25.7 Å². The lowest BCUT2D eigenvalue weighted by atomic mass is 10.1. The van der Waals surface area contributed by atoms with Gasteiger partial charge in [-0.05, 0) is 19.4 Å². The summed E-state index contributed by atoms with van der Waals surface area (Å²) in [6.07, 6.45) is 5.35. The number of hydrogen-bond acceptors (Lipinski definition) is 3. The van der Waals surface area contributed by atoms with E-state index in [9.17, 15) is 0 Å². The van der Waals surface area contributed by atoms with Gasteiger partial charge in [0, 0.05) is 12.6 Å². The Morgan fingerprint density at radius 3 is 2.69 bits per heavy atom. The van der Waals surface area contributed by atoms with Gasteiger partial charge in [-0.15, -0.1) is 0 Å². The molecule has 76 valence electrons. The molecular weight excluding hydrogens is 164 g/mol. The van der Waals surface area contributed by atoms with E-state index in [1.165, 1.54) is 32.2 Å². The van der Waals surface area contributed by atoms with E-state index >= 15 is 0 Å². The molecule has 3 nitrogen and oxygen atoms in total. The summed E-state index contributed by atoms with van der Waals surface area (Å²) >= 11 is 0. The Morgan fingerprint density at radius 2 is 2.08 bits per heavy atom. The highest BCUT2D eigenvalue weighted by Crippen LogP contribution is 2.21. The second-order valence-electron chi connectivity index (χ2n) is 4.17. The summed E-state index contributed by atoms with van der Waals surface area (Å²) in [4.78, 5) is 2.58. The van der Waals surface area contributed by atoms with Crippen LogP contribution in [0.5, 0.6) is 0 Å². The number of hydrogen-bond donors (Lipinski definition) is 1. The fraction of sp³-hybridized carbons (Fsp3) is 1.00. The van der Waals surface area contributed by atoms with Gasteiger partial charge in [0.15, 0.2) is 0 Å². The van der Waals surface area contributed by atoms with Crippen molar-refractivity contribution in [3.63, 3.8) is 0 Å². The molecule has 2 aliphatic rings. The third kappa shape index (κ3) is 2.03. The molecule has 0 aliphatic carbocycles. The van der Waals surface area contributed by atoms with Gasteiger partial charge in [0.05, 0.1) is 19.3 Å². The van der Waals surface area contributed by atoms with Gasteiger partial charge in [-0.3, -0.25) is 4.90 Å². The van der Waals surface area contributed by atoms with Gasteiger partial charge in [-0.25, -0.2) is 0 Å². The van der Waals surface area contributed by atoms with Crippen molar-refractivity contribution in [2.24, 2.45) is 5.73 Å². The van der Waals surface area contributed by atoms with Crippen LogP contribution in [0.2, 0.25) is 0 Å². The summed E-state index contributed by atoms with van der Waals surface area (Å²) in [5.41, 5.74) is 5.80. The van der Waals surface area contributed by atoms with Crippen LogP contribution in [0.25, 0.3) is 0 Å². The van der Waals surface area contributed by atoms with E-state index in [4.69, 9.17) is 10.5 Å². The van der Waals surface area contributed by atoms with E-state index in [0.29, 0.717) is 12.1 Å². The predicted octanol–water partition coefficient (Wildman–Crippen LogP) is 0.588. The number of rotatable bonds is 2. The molecule has 13 heavy (non-hydrogen) atoms. The van der Waals surface area contributed by atoms with Crippen molar-refractivity contribution in [2.45, 2.75) is 37.8 Å². The van der Waals surface area contributed by atoms with Crippen LogP contribution in [0.3, 0.4) is 0 Å². The molecule has 2 heterocycles. The van der Waals surface area contributed by atoms with Crippen molar-refractivity contribution in [1.29, 1.82) is 0 Å². The van der Waals surface area contributed by atoms with Crippen molar-refractivity contribution in [1.82, 2.24) is 4.90 Å². The summed E-state index contributed by atoms with van der Waals surface area (Å²) in [5.74, 6) is 0. The van der Waals surface area contributed by atoms with Gasteiger partial charge in [0.2, 0.25) is 0 Å². The lowest BCUT2D eigenvalue weighted by molar-refractivity contribution is -0.0772. The molecule has 1 atom stereocenters. The Balaban J connectivity index is 1.93. The zero-order valence-corrected chi connectivity index (χ0v) is 8.24. The molecule has 0 amide bonds. The zero-order valence-electron chi connectivity index (χ0n) is 8.24. The van der Waals surface area contributed by atoms with Gasteiger partial charge in [-0.2, -0.15) is 0 Å². The number of likely N-dealkylation sites (tertiary alicyclic amines) is 1. The molecular formula is C10H20N2O. The highest BCUT2D eigenvalue weighted by atomic mass is 16.5. The first-order valence-corrected chi connectivity index (χ1v) is 5.45. The van der Waals surface area contributed by atoms with Crippen molar-refractivity contribution < 1.29 is 4.74 Å². The van der Waals surface area contributed by atoms with Crippen molar-refractivity contribution in [3.8, 4) is 0 Å². The Morgan fingerprint density at radius 1 is 1.23 bits per heavy atom. The minimum absolute atomic E-state index is 0.622. The van der Waals surface area contributed by atoms with E-state index in [1.54, 1.807) is 0 Å². The second kappa shape index (κ2) is 4.40. The SMILES string of the molecule is NCC1CCCCCN1C1COC1. The maximum atomic E-state index is 5.80. The van der Waals surface area contributed by atoms with Gasteiger partial charge in [-0.1, -0.05) is 12.8 Å². The van der Waals surface area contributed by atoms with Crippen LogP contribution in [0.4, 0.5) is 0 Å². The van der Waals surface area contributed by atoms with Crippen molar-refractivity contribution in [2.75, 3.05) is 26.3 Å². The molecule has 2 rings (SSSR count). The normalized spacial score (nSPS) is 32.5. The summed E-state index contributed by atoms with van der Waals surface area (Å²) in [6, 6.07) is 1.29. The smallest absolute Gasteiger partial charge is 0.0645 e. The highest BCUT2D eigenvalue weighted by molar-refractivity contribution is 4.85. The molecule has 0 aromatic carbocycles. The van der Waals surface area contributed by atoms with Crippen molar-refractivity contribution >= 4 is 0 Å². The Kier molecular flexibility index (Phi) is 3.19. The number of nitrogens with two attached hydrogens (primary N) is 1. The molecule has 2 aliphatic heterocycles. The van der Waals surface area contributed by atoms with E-state index < -0.39 is 0 Å². The molecule has 3 heteroatoms.